The van der Waals surface area contributed by atoms with Gasteiger partial charge in [0.15, 0.2) is 5.82 Å². The lowest BCUT2D eigenvalue weighted by molar-refractivity contribution is 1.18. The molecule has 4 heteroatoms. The van der Waals surface area contributed by atoms with Crippen molar-refractivity contribution in [3.63, 3.8) is 0 Å². The van der Waals surface area contributed by atoms with Crippen molar-refractivity contribution in [1.82, 2.24) is 19.1 Å². The summed E-state index contributed by atoms with van der Waals surface area (Å²) < 4.78 is 4.77. The van der Waals surface area contributed by atoms with Gasteiger partial charge in [-0.2, -0.15) is 0 Å². The van der Waals surface area contributed by atoms with Gasteiger partial charge in [0, 0.05) is 54.8 Å². The van der Waals surface area contributed by atoms with Crippen LogP contribution in [0.25, 0.3) is 122 Å². The first-order valence-corrected chi connectivity index (χ1v) is 21.8. The van der Waals surface area contributed by atoms with Crippen molar-refractivity contribution in [1.29, 1.82) is 0 Å². The van der Waals surface area contributed by atoms with Crippen LogP contribution in [0.3, 0.4) is 0 Å². The number of aromatic nitrogens is 4. The Morgan fingerprint density at radius 2 is 0.766 bits per heavy atom. The lowest BCUT2D eigenvalue weighted by Crippen LogP contribution is -1.98. The molecule has 0 saturated heterocycles. The van der Waals surface area contributed by atoms with Crippen LogP contribution in [0.1, 0.15) is 0 Å². The monoisotopic (exact) mass is 814 g/mol. The maximum atomic E-state index is 5.38. The fourth-order valence-corrected chi connectivity index (χ4v) is 9.89. The minimum Gasteiger partial charge on any atom is -0.309 e. The Morgan fingerprint density at radius 3 is 1.45 bits per heavy atom. The highest BCUT2D eigenvalue weighted by Crippen LogP contribution is 2.40. The zero-order valence-electron chi connectivity index (χ0n) is 34.7. The summed E-state index contributed by atoms with van der Waals surface area (Å²) >= 11 is 0. The first-order valence-electron chi connectivity index (χ1n) is 21.8. The molecular formula is C60H38N4. The third-order valence-corrected chi connectivity index (χ3v) is 12.9. The third-order valence-electron chi connectivity index (χ3n) is 12.9. The summed E-state index contributed by atoms with van der Waals surface area (Å²) in [7, 11) is 0. The van der Waals surface area contributed by atoms with Crippen LogP contribution in [-0.4, -0.2) is 19.1 Å². The van der Waals surface area contributed by atoms with Crippen molar-refractivity contribution in [3.05, 3.63) is 231 Å². The minimum atomic E-state index is 0.705. The van der Waals surface area contributed by atoms with Crippen LogP contribution in [-0.2, 0) is 0 Å². The van der Waals surface area contributed by atoms with Crippen LogP contribution < -0.4 is 0 Å². The van der Waals surface area contributed by atoms with Crippen molar-refractivity contribution < 1.29 is 0 Å². The van der Waals surface area contributed by atoms with Gasteiger partial charge in [-0.1, -0.05) is 164 Å². The minimum absolute atomic E-state index is 0.705. The summed E-state index contributed by atoms with van der Waals surface area (Å²) in [6, 6.07) is 82.8. The van der Waals surface area contributed by atoms with E-state index in [1.54, 1.807) is 0 Å². The molecule has 0 saturated carbocycles. The molecule has 298 valence electrons. The molecule has 64 heavy (non-hydrogen) atoms. The zero-order chi connectivity index (χ0) is 42.1. The number of nitrogens with zero attached hydrogens (tertiary/aromatic N) is 4. The van der Waals surface area contributed by atoms with E-state index in [9.17, 15) is 0 Å². The van der Waals surface area contributed by atoms with Crippen molar-refractivity contribution in [3.8, 4) is 56.3 Å². The molecule has 0 spiro atoms. The summed E-state index contributed by atoms with van der Waals surface area (Å²) in [5.74, 6) is 0.705. The number of rotatable bonds is 6. The highest BCUT2D eigenvalue weighted by Gasteiger charge is 2.19. The first-order chi connectivity index (χ1) is 31.7. The van der Waals surface area contributed by atoms with E-state index in [0.717, 1.165) is 66.5 Å². The lowest BCUT2D eigenvalue weighted by Gasteiger charge is -2.14. The fourth-order valence-electron chi connectivity index (χ4n) is 9.89. The third kappa shape index (κ3) is 5.77. The maximum Gasteiger partial charge on any atom is 0.160 e. The van der Waals surface area contributed by atoms with Gasteiger partial charge in [-0.05, 0) is 94.4 Å². The zero-order valence-corrected chi connectivity index (χ0v) is 34.7. The van der Waals surface area contributed by atoms with Crippen LogP contribution in [0.2, 0.25) is 0 Å². The largest absolute Gasteiger partial charge is 0.309 e. The molecule has 0 radical (unpaired) electrons. The lowest BCUT2D eigenvalue weighted by atomic mass is 10.00. The predicted molar refractivity (Wildman–Crippen MR) is 267 cm³/mol. The number of benzene rings is 10. The molecule has 0 unspecified atom stereocenters. The van der Waals surface area contributed by atoms with Crippen LogP contribution in [0, 0.1) is 0 Å². The van der Waals surface area contributed by atoms with Crippen LogP contribution in [0.5, 0.6) is 0 Å². The molecule has 0 amide bonds. The van der Waals surface area contributed by atoms with E-state index >= 15 is 0 Å². The van der Waals surface area contributed by atoms with Gasteiger partial charge in [0.25, 0.3) is 0 Å². The second-order valence-corrected chi connectivity index (χ2v) is 16.6. The Bertz CT molecular complexity index is 3940. The highest BCUT2D eigenvalue weighted by molar-refractivity contribution is 6.13. The quantitative estimate of drug-likeness (QED) is 0.157. The van der Waals surface area contributed by atoms with Crippen molar-refractivity contribution in [2.45, 2.75) is 0 Å². The van der Waals surface area contributed by atoms with E-state index in [2.05, 4.69) is 234 Å². The van der Waals surface area contributed by atoms with Gasteiger partial charge in [0.05, 0.1) is 33.3 Å². The van der Waals surface area contributed by atoms with E-state index in [1.165, 1.54) is 49.3 Å². The molecule has 3 aromatic heterocycles. The molecule has 0 atom stereocenters. The number of fused-ring (bicyclic) bond motifs is 9. The van der Waals surface area contributed by atoms with Crippen LogP contribution >= 0.6 is 0 Å². The Morgan fingerprint density at radius 1 is 0.266 bits per heavy atom. The predicted octanol–water partition coefficient (Wildman–Crippen LogP) is 15.6. The van der Waals surface area contributed by atoms with Crippen molar-refractivity contribution in [2.24, 2.45) is 0 Å². The second-order valence-electron chi connectivity index (χ2n) is 16.6. The number of hydrogen-bond donors (Lipinski definition) is 0. The Kier molecular flexibility index (Phi) is 8.18. The van der Waals surface area contributed by atoms with E-state index in [0.29, 0.717) is 5.82 Å². The topological polar surface area (TPSA) is 35.6 Å². The average Bonchev–Trinajstić information content (AvgIpc) is 3.89. The van der Waals surface area contributed by atoms with Gasteiger partial charge >= 0.3 is 0 Å². The van der Waals surface area contributed by atoms with E-state index < -0.39 is 0 Å². The molecule has 0 N–H and O–H groups in total. The molecular weight excluding hydrogens is 777 g/mol. The Balaban J connectivity index is 0.951. The summed E-state index contributed by atoms with van der Waals surface area (Å²) in [5, 5.41) is 8.21. The van der Waals surface area contributed by atoms with E-state index in [4.69, 9.17) is 9.97 Å². The first kappa shape index (κ1) is 36.1. The van der Waals surface area contributed by atoms with Gasteiger partial charge in [-0.3, -0.25) is 0 Å². The number of hydrogen-bond acceptors (Lipinski definition) is 2. The second kappa shape index (κ2) is 14.5. The van der Waals surface area contributed by atoms with E-state index in [-0.39, 0.29) is 0 Å². The molecule has 0 aliphatic carbocycles. The Hall–Kier alpha value is -8.60. The molecule has 3 heterocycles. The SMILES string of the molecule is c1ccc(-c2ccc(-c3nc(-c4cccc(-n5c6ccccc6c6cc(-c7ccc8c(c7)c7ccccc7n8-c7ccccc7)ccc65)c4)c4ccc5ccccc5c4n3)cc2)cc1. The fraction of sp³-hybridized carbons (Fsp3) is 0. The molecule has 13 aromatic rings. The average molecular weight is 815 g/mol. The molecule has 13 rings (SSSR count). The van der Waals surface area contributed by atoms with Crippen LogP contribution in [0.4, 0.5) is 0 Å². The van der Waals surface area contributed by atoms with E-state index in [1.807, 2.05) is 6.07 Å². The van der Waals surface area contributed by atoms with Gasteiger partial charge in [-0.25, -0.2) is 9.97 Å². The smallest absolute Gasteiger partial charge is 0.160 e. The summed E-state index contributed by atoms with van der Waals surface area (Å²) in [6.45, 7) is 0. The van der Waals surface area contributed by atoms with Crippen molar-refractivity contribution >= 4 is 65.3 Å². The maximum absolute atomic E-state index is 5.38. The van der Waals surface area contributed by atoms with Gasteiger partial charge in [0.2, 0.25) is 0 Å². The van der Waals surface area contributed by atoms with Gasteiger partial charge in [-0.15, -0.1) is 0 Å². The Labute approximate surface area is 369 Å². The number of para-hydroxylation sites is 3. The van der Waals surface area contributed by atoms with Crippen molar-refractivity contribution in [2.75, 3.05) is 0 Å². The molecule has 0 aliphatic rings. The summed E-state index contributed by atoms with van der Waals surface area (Å²) in [6.07, 6.45) is 0. The molecule has 10 aromatic carbocycles. The summed E-state index contributed by atoms with van der Waals surface area (Å²) in [5.41, 5.74) is 15.6. The highest BCUT2D eigenvalue weighted by atomic mass is 15.0. The van der Waals surface area contributed by atoms with Gasteiger partial charge < -0.3 is 9.13 Å². The molecule has 0 fully saturated rings. The molecule has 0 aliphatic heterocycles. The van der Waals surface area contributed by atoms with Gasteiger partial charge in [0.1, 0.15) is 0 Å². The van der Waals surface area contributed by atoms with Crippen LogP contribution in [0.15, 0.2) is 231 Å². The summed E-state index contributed by atoms with van der Waals surface area (Å²) in [4.78, 5) is 10.7. The standard InChI is InChI=1S/C60H38N4/c1-3-14-39(15-4-1)40-26-28-42(29-27-40)60-61-58(51-33-30-41-16-7-8-21-48(41)59(51)62-60)45-17-13-20-47(36-45)64-55-25-12-10-23-50(55)53-38-44(32-35-57(53)64)43-31-34-56-52(37-43)49-22-9-11-24-54(49)63(56)46-18-5-2-6-19-46/h1-38H. The normalized spacial score (nSPS) is 11.8. The molecule has 0 bridgehead atoms. The molecule has 4 nitrogen and oxygen atoms in total.